The SMILES string of the molecule is C=Cc1ccccc1O[Si](CCC)C(C)OC. The van der Waals surface area contributed by atoms with Gasteiger partial charge in [-0.05, 0) is 19.0 Å². The van der Waals surface area contributed by atoms with Crippen LogP contribution < -0.4 is 4.43 Å². The molecule has 0 aliphatic heterocycles. The van der Waals surface area contributed by atoms with Gasteiger partial charge in [-0.15, -0.1) is 0 Å². The van der Waals surface area contributed by atoms with Crippen LogP contribution in [0, 0.1) is 0 Å². The Bertz CT molecular complexity index is 352. The van der Waals surface area contributed by atoms with Crippen LogP contribution in [0.5, 0.6) is 5.75 Å². The highest BCUT2D eigenvalue weighted by Gasteiger charge is 2.23. The topological polar surface area (TPSA) is 18.5 Å². The van der Waals surface area contributed by atoms with Crippen LogP contribution in [-0.2, 0) is 4.74 Å². The van der Waals surface area contributed by atoms with Gasteiger partial charge in [0.15, 0.2) is 0 Å². The molecule has 1 atom stereocenters. The van der Waals surface area contributed by atoms with Gasteiger partial charge < -0.3 is 9.16 Å². The van der Waals surface area contributed by atoms with Crippen LogP contribution in [0.2, 0.25) is 6.04 Å². The zero-order valence-electron chi connectivity index (χ0n) is 10.9. The average molecular weight is 249 g/mol. The van der Waals surface area contributed by atoms with Crippen LogP contribution in [0.3, 0.4) is 0 Å². The van der Waals surface area contributed by atoms with Gasteiger partial charge in [0, 0.05) is 12.7 Å². The standard InChI is InChI=1S/C14H21O2Si/c1-5-11-17(12(3)15-4)16-14-10-8-7-9-13(14)6-2/h6-10,12H,2,5,11H2,1,3-4H3. The van der Waals surface area contributed by atoms with Crippen LogP contribution in [0.4, 0.5) is 0 Å². The summed E-state index contributed by atoms with van der Waals surface area (Å²) < 4.78 is 11.5. The molecule has 0 N–H and O–H groups in total. The lowest BCUT2D eigenvalue weighted by Gasteiger charge is -2.22. The highest BCUT2D eigenvalue weighted by Crippen LogP contribution is 2.21. The molecule has 0 fully saturated rings. The summed E-state index contributed by atoms with van der Waals surface area (Å²) >= 11 is 0. The highest BCUT2D eigenvalue weighted by atomic mass is 28.3. The summed E-state index contributed by atoms with van der Waals surface area (Å²) in [5.41, 5.74) is 1.24. The fourth-order valence-electron chi connectivity index (χ4n) is 1.60. The van der Waals surface area contributed by atoms with Crippen molar-refractivity contribution >= 4 is 15.1 Å². The third-order valence-corrected chi connectivity index (χ3v) is 5.30. The summed E-state index contributed by atoms with van der Waals surface area (Å²) in [6.45, 7) is 8.07. The van der Waals surface area contributed by atoms with Gasteiger partial charge in [-0.3, -0.25) is 0 Å². The van der Waals surface area contributed by atoms with E-state index in [4.69, 9.17) is 9.16 Å². The van der Waals surface area contributed by atoms with E-state index in [-0.39, 0.29) is 5.73 Å². The molecule has 0 spiro atoms. The maximum atomic E-state index is 6.14. The van der Waals surface area contributed by atoms with E-state index < -0.39 is 9.04 Å². The summed E-state index contributed by atoms with van der Waals surface area (Å²) in [6, 6.07) is 9.09. The van der Waals surface area contributed by atoms with E-state index in [9.17, 15) is 0 Å². The monoisotopic (exact) mass is 249 g/mol. The van der Waals surface area contributed by atoms with Crippen LogP contribution in [0.15, 0.2) is 30.8 Å². The van der Waals surface area contributed by atoms with Crippen molar-refractivity contribution in [1.29, 1.82) is 0 Å². The molecule has 93 valence electrons. The predicted octanol–water partition coefficient (Wildman–Crippen LogP) is 3.68. The zero-order valence-corrected chi connectivity index (χ0v) is 11.9. The lowest BCUT2D eigenvalue weighted by atomic mass is 10.2. The van der Waals surface area contributed by atoms with E-state index in [1.54, 1.807) is 7.11 Å². The molecule has 0 saturated heterocycles. The largest absolute Gasteiger partial charge is 0.539 e. The summed E-state index contributed by atoms with van der Waals surface area (Å²) in [5.74, 6) is 0.925. The predicted molar refractivity (Wildman–Crippen MR) is 74.5 cm³/mol. The maximum Gasteiger partial charge on any atom is 0.310 e. The first-order chi connectivity index (χ1) is 8.22. The van der Waals surface area contributed by atoms with Gasteiger partial charge in [0.1, 0.15) is 5.75 Å². The van der Waals surface area contributed by atoms with Crippen LogP contribution in [0.25, 0.3) is 6.08 Å². The summed E-state index contributed by atoms with van der Waals surface area (Å²) in [5, 5.41) is 0. The molecule has 0 aromatic heterocycles. The molecular formula is C14H21O2Si. The number of rotatable bonds is 7. The first-order valence-corrected chi connectivity index (χ1v) is 7.70. The Hall–Kier alpha value is -1.06. The number of para-hydroxylation sites is 1. The van der Waals surface area contributed by atoms with Crippen molar-refractivity contribution in [2.75, 3.05) is 7.11 Å². The molecule has 0 bridgehead atoms. The molecule has 0 saturated carbocycles. The molecule has 0 amide bonds. The van der Waals surface area contributed by atoms with Gasteiger partial charge in [-0.1, -0.05) is 44.2 Å². The lowest BCUT2D eigenvalue weighted by Crippen LogP contribution is -2.36. The smallest absolute Gasteiger partial charge is 0.310 e. The van der Waals surface area contributed by atoms with E-state index >= 15 is 0 Å². The molecule has 1 aromatic rings. The minimum absolute atomic E-state index is 0.192. The first kappa shape index (κ1) is 14.0. The zero-order chi connectivity index (χ0) is 12.7. The van der Waals surface area contributed by atoms with Crippen molar-refractivity contribution in [3.05, 3.63) is 36.4 Å². The molecule has 1 rings (SSSR count). The van der Waals surface area contributed by atoms with Crippen molar-refractivity contribution in [1.82, 2.24) is 0 Å². The minimum Gasteiger partial charge on any atom is -0.539 e. The van der Waals surface area contributed by atoms with Gasteiger partial charge in [0.05, 0.1) is 5.73 Å². The van der Waals surface area contributed by atoms with Crippen molar-refractivity contribution < 1.29 is 9.16 Å². The summed E-state index contributed by atoms with van der Waals surface area (Å²) in [4.78, 5) is 0. The van der Waals surface area contributed by atoms with Crippen LogP contribution in [-0.4, -0.2) is 21.9 Å². The summed E-state index contributed by atoms with van der Waals surface area (Å²) in [6.07, 6.45) is 2.95. The maximum absolute atomic E-state index is 6.14. The van der Waals surface area contributed by atoms with E-state index in [0.717, 1.165) is 23.8 Å². The molecule has 17 heavy (non-hydrogen) atoms. The minimum atomic E-state index is -0.978. The third-order valence-electron chi connectivity index (χ3n) is 2.68. The normalized spacial score (nSPS) is 12.5. The van der Waals surface area contributed by atoms with Gasteiger partial charge >= 0.3 is 9.04 Å². The van der Waals surface area contributed by atoms with Crippen molar-refractivity contribution in [3.63, 3.8) is 0 Å². The molecular weight excluding hydrogens is 228 g/mol. The third kappa shape index (κ3) is 4.02. The second-order valence-electron chi connectivity index (χ2n) is 3.94. The first-order valence-electron chi connectivity index (χ1n) is 6.00. The van der Waals surface area contributed by atoms with Crippen molar-refractivity contribution in [3.8, 4) is 5.75 Å². The fourth-order valence-corrected chi connectivity index (χ4v) is 3.50. The lowest BCUT2D eigenvalue weighted by molar-refractivity contribution is 0.164. The number of ether oxygens (including phenoxy) is 1. The van der Waals surface area contributed by atoms with Crippen LogP contribution >= 0.6 is 0 Å². The van der Waals surface area contributed by atoms with Crippen molar-refractivity contribution in [2.24, 2.45) is 0 Å². The molecule has 3 heteroatoms. The Morgan fingerprint density at radius 1 is 1.41 bits per heavy atom. The molecule has 1 unspecified atom stereocenters. The number of hydrogen-bond acceptors (Lipinski definition) is 2. The molecule has 2 nitrogen and oxygen atoms in total. The highest BCUT2D eigenvalue weighted by molar-refractivity contribution is 6.54. The Morgan fingerprint density at radius 2 is 2.12 bits per heavy atom. The molecule has 0 aliphatic rings. The van der Waals surface area contributed by atoms with Gasteiger partial charge in [0.25, 0.3) is 0 Å². The second-order valence-corrected chi connectivity index (χ2v) is 6.39. The molecule has 1 radical (unpaired) electrons. The Morgan fingerprint density at radius 3 is 2.71 bits per heavy atom. The second kappa shape index (κ2) is 7.30. The number of methoxy groups -OCH3 is 1. The average Bonchev–Trinajstić information content (AvgIpc) is 2.38. The number of benzene rings is 1. The Labute approximate surface area is 106 Å². The van der Waals surface area contributed by atoms with E-state index in [1.807, 2.05) is 30.3 Å². The molecule has 0 heterocycles. The van der Waals surface area contributed by atoms with E-state index in [1.165, 1.54) is 0 Å². The number of hydrogen-bond donors (Lipinski definition) is 0. The molecule has 1 aromatic carbocycles. The van der Waals surface area contributed by atoms with E-state index in [0.29, 0.717) is 0 Å². The summed E-state index contributed by atoms with van der Waals surface area (Å²) in [7, 11) is 0.765. The van der Waals surface area contributed by atoms with E-state index in [2.05, 4.69) is 20.4 Å². The Balaban J connectivity index is 2.81. The molecule has 0 aliphatic carbocycles. The van der Waals surface area contributed by atoms with Gasteiger partial charge in [-0.25, -0.2) is 0 Å². The van der Waals surface area contributed by atoms with Crippen molar-refractivity contribution in [2.45, 2.75) is 32.0 Å². The Kier molecular flexibility index (Phi) is 6.01. The quantitative estimate of drug-likeness (QED) is 0.686. The van der Waals surface area contributed by atoms with Gasteiger partial charge in [0.2, 0.25) is 0 Å². The fraction of sp³-hybridized carbons (Fsp3) is 0.429. The van der Waals surface area contributed by atoms with Gasteiger partial charge in [-0.2, -0.15) is 0 Å². The van der Waals surface area contributed by atoms with Crippen LogP contribution in [0.1, 0.15) is 25.8 Å².